The summed E-state index contributed by atoms with van der Waals surface area (Å²) < 4.78 is 0. The molecule has 1 aromatic rings. The van der Waals surface area contributed by atoms with E-state index >= 15 is 0 Å². The average molecular weight is 252 g/mol. The van der Waals surface area contributed by atoms with Crippen LogP contribution in [0.3, 0.4) is 0 Å². The number of rotatable bonds is 5. The van der Waals surface area contributed by atoms with Gasteiger partial charge in [-0.1, -0.05) is 27.2 Å². The van der Waals surface area contributed by atoms with Crippen LogP contribution >= 0.6 is 11.3 Å². The van der Waals surface area contributed by atoms with Crippen molar-refractivity contribution in [3.8, 4) is 0 Å². The van der Waals surface area contributed by atoms with Gasteiger partial charge in [-0.3, -0.25) is 0 Å². The fourth-order valence-electron chi connectivity index (χ4n) is 2.51. The van der Waals surface area contributed by atoms with Gasteiger partial charge < -0.3 is 5.32 Å². The predicted octanol–water partition coefficient (Wildman–Crippen LogP) is 3.79. The highest BCUT2D eigenvalue weighted by molar-refractivity contribution is 7.11. The van der Waals surface area contributed by atoms with Gasteiger partial charge >= 0.3 is 0 Å². The van der Waals surface area contributed by atoms with Gasteiger partial charge in [0, 0.05) is 23.5 Å². The standard InChI is InChI=1S/C14H24N2S/c1-10(2)7-15-8-13-9-16-14(17-13)12-5-4-11(3)6-12/h9-12,15H,4-8H2,1-3H3. The maximum absolute atomic E-state index is 4.61. The zero-order valence-corrected chi connectivity index (χ0v) is 12.0. The number of nitrogens with zero attached hydrogens (tertiary/aromatic N) is 1. The van der Waals surface area contributed by atoms with Crippen LogP contribution in [0.4, 0.5) is 0 Å². The van der Waals surface area contributed by atoms with Crippen molar-refractivity contribution in [2.24, 2.45) is 11.8 Å². The normalized spacial score (nSPS) is 24.7. The molecule has 0 saturated heterocycles. The average Bonchev–Trinajstić information content (AvgIpc) is 2.86. The second kappa shape index (κ2) is 5.96. The molecule has 2 rings (SSSR count). The minimum Gasteiger partial charge on any atom is -0.312 e. The van der Waals surface area contributed by atoms with E-state index in [0.29, 0.717) is 0 Å². The summed E-state index contributed by atoms with van der Waals surface area (Å²) in [4.78, 5) is 6.00. The Hall–Kier alpha value is -0.410. The Labute approximate surface area is 109 Å². The van der Waals surface area contributed by atoms with Gasteiger partial charge in [0.2, 0.25) is 0 Å². The lowest BCUT2D eigenvalue weighted by molar-refractivity contribution is 0.554. The van der Waals surface area contributed by atoms with Crippen LogP contribution < -0.4 is 5.32 Å². The molecule has 96 valence electrons. The van der Waals surface area contributed by atoms with Gasteiger partial charge in [0.15, 0.2) is 0 Å². The Morgan fingerprint density at radius 2 is 2.29 bits per heavy atom. The lowest BCUT2D eigenvalue weighted by atomic mass is 10.1. The molecule has 1 aromatic heterocycles. The molecule has 0 radical (unpaired) electrons. The second-order valence-electron chi connectivity index (χ2n) is 5.80. The van der Waals surface area contributed by atoms with Crippen molar-refractivity contribution >= 4 is 11.3 Å². The zero-order chi connectivity index (χ0) is 12.3. The molecular weight excluding hydrogens is 228 g/mol. The molecule has 1 heterocycles. The van der Waals surface area contributed by atoms with Crippen molar-refractivity contribution in [3.63, 3.8) is 0 Å². The number of aromatic nitrogens is 1. The van der Waals surface area contributed by atoms with Crippen LogP contribution in [0, 0.1) is 11.8 Å². The van der Waals surface area contributed by atoms with E-state index in [1.807, 2.05) is 11.3 Å². The molecule has 0 spiro atoms. The molecule has 0 aromatic carbocycles. The quantitative estimate of drug-likeness (QED) is 0.862. The first-order valence-corrected chi connectivity index (χ1v) is 7.62. The number of hydrogen-bond donors (Lipinski definition) is 1. The van der Waals surface area contributed by atoms with Gasteiger partial charge in [-0.25, -0.2) is 4.98 Å². The molecule has 1 aliphatic carbocycles. The van der Waals surface area contributed by atoms with Crippen LogP contribution in [-0.2, 0) is 6.54 Å². The van der Waals surface area contributed by atoms with E-state index in [9.17, 15) is 0 Å². The molecule has 1 fully saturated rings. The largest absolute Gasteiger partial charge is 0.312 e. The molecular formula is C14H24N2S. The summed E-state index contributed by atoms with van der Waals surface area (Å²) in [5.41, 5.74) is 0. The summed E-state index contributed by atoms with van der Waals surface area (Å²) in [5, 5.41) is 4.86. The predicted molar refractivity (Wildman–Crippen MR) is 74.4 cm³/mol. The summed E-state index contributed by atoms with van der Waals surface area (Å²) in [5.74, 6) is 2.36. The van der Waals surface area contributed by atoms with E-state index in [0.717, 1.165) is 30.8 Å². The van der Waals surface area contributed by atoms with Crippen LogP contribution in [0.5, 0.6) is 0 Å². The first-order chi connectivity index (χ1) is 8.15. The Balaban J connectivity index is 1.83. The Kier molecular flexibility index (Phi) is 4.57. The molecule has 1 N–H and O–H groups in total. The molecule has 2 atom stereocenters. The minimum atomic E-state index is 0.720. The van der Waals surface area contributed by atoms with E-state index in [1.165, 1.54) is 29.1 Å². The topological polar surface area (TPSA) is 24.9 Å². The Bertz CT molecular complexity index is 346. The van der Waals surface area contributed by atoms with Crippen molar-refractivity contribution in [2.45, 2.75) is 52.5 Å². The third kappa shape index (κ3) is 3.78. The van der Waals surface area contributed by atoms with Crippen LogP contribution in [0.2, 0.25) is 0 Å². The monoisotopic (exact) mass is 252 g/mol. The fourth-order valence-corrected chi connectivity index (χ4v) is 3.54. The van der Waals surface area contributed by atoms with Crippen molar-refractivity contribution < 1.29 is 0 Å². The van der Waals surface area contributed by atoms with E-state index in [1.54, 1.807) is 0 Å². The van der Waals surface area contributed by atoms with Crippen LogP contribution in [0.25, 0.3) is 0 Å². The lowest BCUT2D eigenvalue weighted by Gasteiger charge is -2.05. The summed E-state index contributed by atoms with van der Waals surface area (Å²) in [7, 11) is 0. The van der Waals surface area contributed by atoms with Crippen molar-refractivity contribution in [1.29, 1.82) is 0 Å². The van der Waals surface area contributed by atoms with Gasteiger partial charge in [-0.05, 0) is 31.2 Å². The van der Waals surface area contributed by atoms with Gasteiger partial charge in [0.1, 0.15) is 0 Å². The molecule has 1 saturated carbocycles. The summed E-state index contributed by atoms with van der Waals surface area (Å²) in [6.45, 7) is 8.92. The van der Waals surface area contributed by atoms with Crippen LogP contribution in [0.1, 0.15) is 55.8 Å². The van der Waals surface area contributed by atoms with Crippen LogP contribution in [0.15, 0.2) is 6.20 Å². The SMILES string of the molecule is CC(C)CNCc1cnc(C2CCC(C)C2)s1. The molecule has 3 heteroatoms. The maximum Gasteiger partial charge on any atom is 0.0959 e. The first kappa shape index (κ1) is 13.0. The van der Waals surface area contributed by atoms with Crippen LogP contribution in [-0.4, -0.2) is 11.5 Å². The number of hydrogen-bond acceptors (Lipinski definition) is 3. The summed E-state index contributed by atoms with van der Waals surface area (Å²) in [6, 6.07) is 0. The first-order valence-electron chi connectivity index (χ1n) is 6.80. The Morgan fingerprint density at radius 3 is 2.94 bits per heavy atom. The molecule has 0 amide bonds. The summed E-state index contributed by atoms with van der Waals surface area (Å²) >= 11 is 1.91. The second-order valence-corrected chi connectivity index (χ2v) is 6.95. The van der Waals surface area contributed by atoms with Crippen molar-refractivity contribution in [3.05, 3.63) is 16.1 Å². The molecule has 1 aliphatic rings. The third-order valence-electron chi connectivity index (χ3n) is 3.47. The molecule has 0 bridgehead atoms. The van der Waals surface area contributed by atoms with Gasteiger partial charge in [0.25, 0.3) is 0 Å². The molecule has 2 nitrogen and oxygen atoms in total. The highest BCUT2D eigenvalue weighted by Crippen LogP contribution is 2.39. The molecule has 17 heavy (non-hydrogen) atoms. The van der Waals surface area contributed by atoms with Gasteiger partial charge in [-0.2, -0.15) is 0 Å². The van der Waals surface area contributed by atoms with Gasteiger partial charge in [-0.15, -0.1) is 11.3 Å². The van der Waals surface area contributed by atoms with E-state index < -0.39 is 0 Å². The number of nitrogens with one attached hydrogen (secondary N) is 1. The smallest absolute Gasteiger partial charge is 0.0959 e. The fraction of sp³-hybridized carbons (Fsp3) is 0.786. The minimum absolute atomic E-state index is 0.720. The summed E-state index contributed by atoms with van der Waals surface area (Å²) in [6.07, 6.45) is 6.13. The van der Waals surface area contributed by atoms with E-state index in [2.05, 4.69) is 37.3 Å². The lowest BCUT2D eigenvalue weighted by Crippen LogP contribution is -2.18. The third-order valence-corrected chi connectivity index (χ3v) is 4.63. The van der Waals surface area contributed by atoms with Crippen molar-refractivity contribution in [2.75, 3.05) is 6.54 Å². The number of thiazole rings is 1. The van der Waals surface area contributed by atoms with E-state index in [-0.39, 0.29) is 0 Å². The molecule has 2 unspecified atom stereocenters. The van der Waals surface area contributed by atoms with E-state index in [4.69, 9.17) is 0 Å². The maximum atomic E-state index is 4.61. The zero-order valence-electron chi connectivity index (χ0n) is 11.2. The Morgan fingerprint density at radius 1 is 1.47 bits per heavy atom. The molecule has 0 aliphatic heterocycles. The van der Waals surface area contributed by atoms with Gasteiger partial charge in [0.05, 0.1) is 5.01 Å². The highest BCUT2D eigenvalue weighted by Gasteiger charge is 2.24. The van der Waals surface area contributed by atoms with Crippen molar-refractivity contribution in [1.82, 2.24) is 10.3 Å². The highest BCUT2D eigenvalue weighted by atomic mass is 32.1.